The molecule has 1 aliphatic heterocycles. The van der Waals surface area contributed by atoms with Crippen molar-refractivity contribution in [1.29, 1.82) is 0 Å². The highest BCUT2D eigenvalue weighted by Gasteiger charge is 2.42. The number of carbonyl (C=O) groups excluding carboxylic acids is 1. The summed E-state index contributed by atoms with van der Waals surface area (Å²) in [6, 6.07) is 13.7. The molecular weight excluding hydrogens is 428 g/mol. The van der Waals surface area contributed by atoms with Gasteiger partial charge in [-0.2, -0.15) is 4.31 Å². The Bertz CT molecular complexity index is 1060. The number of rotatable bonds is 6. The van der Waals surface area contributed by atoms with E-state index in [9.17, 15) is 13.2 Å². The highest BCUT2D eigenvalue weighted by molar-refractivity contribution is 7.89. The van der Waals surface area contributed by atoms with Crippen molar-refractivity contribution in [2.24, 2.45) is 0 Å². The Balaban J connectivity index is 1.47. The van der Waals surface area contributed by atoms with Gasteiger partial charge in [0.05, 0.1) is 24.6 Å². The van der Waals surface area contributed by atoms with Gasteiger partial charge in [-0.1, -0.05) is 24.6 Å². The molecule has 1 heterocycles. The molecule has 32 heavy (non-hydrogen) atoms. The third kappa shape index (κ3) is 4.61. The van der Waals surface area contributed by atoms with Crippen LogP contribution in [0.5, 0.6) is 11.5 Å². The second-order valence-corrected chi connectivity index (χ2v) is 10.7. The SMILES string of the molecule is COc1ccc(S(=O)(=O)N(C)CC(=O)N[C@@H]2CC3(CCCCC3)Oc3ccccc32)cc1. The van der Waals surface area contributed by atoms with Gasteiger partial charge in [0, 0.05) is 19.0 Å². The predicted molar refractivity (Wildman–Crippen MR) is 121 cm³/mol. The van der Waals surface area contributed by atoms with E-state index >= 15 is 0 Å². The summed E-state index contributed by atoms with van der Waals surface area (Å²) in [6.45, 7) is -0.263. The van der Waals surface area contributed by atoms with Crippen LogP contribution < -0.4 is 14.8 Å². The third-order valence-electron chi connectivity index (χ3n) is 6.43. The van der Waals surface area contributed by atoms with Crippen LogP contribution in [0.25, 0.3) is 0 Å². The molecule has 2 aliphatic rings. The Morgan fingerprint density at radius 2 is 1.81 bits per heavy atom. The molecule has 1 atom stereocenters. The molecule has 172 valence electrons. The largest absolute Gasteiger partial charge is 0.497 e. The standard InChI is InChI=1S/C24H30N2O5S/c1-26(32(28,29)19-12-10-18(30-2)11-13-19)17-23(27)25-21-16-24(14-6-3-7-15-24)31-22-9-5-4-8-20(21)22/h4-5,8-13,21H,3,6-7,14-17H2,1-2H3,(H,25,27)/t21-/m1/s1. The first-order valence-electron chi connectivity index (χ1n) is 11.0. The molecule has 4 rings (SSSR count). The zero-order valence-corrected chi connectivity index (χ0v) is 19.4. The first kappa shape index (κ1) is 22.6. The number of amides is 1. The number of nitrogens with one attached hydrogen (secondary N) is 1. The van der Waals surface area contributed by atoms with E-state index in [1.807, 2.05) is 24.3 Å². The summed E-state index contributed by atoms with van der Waals surface area (Å²) < 4.78 is 38.3. The molecular formula is C24H30N2O5S. The van der Waals surface area contributed by atoms with Crippen molar-refractivity contribution in [2.45, 2.75) is 55.1 Å². The molecule has 1 spiro atoms. The van der Waals surface area contributed by atoms with Crippen molar-refractivity contribution in [2.75, 3.05) is 20.7 Å². The van der Waals surface area contributed by atoms with E-state index in [1.165, 1.54) is 32.7 Å². The Hall–Kier alpha value is -2.58. The van der Waals surface area contributed by atoms with Gasteiger partial charge in [0.25, 0.3) is 0 Å². The van der Waals surface area contributed by atoms with Crippen molar-refractivity contribution in [3.63, 3.8) is 0 Å². The number of sulfonamides is 1. The van der Waals surface area contributed by atoms with Crippen molar-refractivity contribution < 1.29 is 22.7 Å². The number of nitrogens with zero attached hydrogens (tertiary/aromatic N) is 1. The molecule has 1 saturated carbocycles. The number of methoxy groups -OCH3 is 1. The van der Waals surface area contributed by atoms with Crippen LogP contribution >= 0.6 is 0 Å². The van der Waals surface area contributed by atoms with Crippen LogP contribution in [0.15, 0.2) is 53.4 Å². The molecule has 0 bridgehead atoms. The van der Waals surface area contributed by atoms with Gasteiger partial charge in [0.15, 0.2) is 0 Å². The Labute approximate surface area is 189 Å². The van der Waals surface area contributed by atoms with Crippen molar-refractivity contribution in [1.82, 2.24) is 9.62 Å². The van der Waals surface area contributed by atoms with E-state index in [0.717, 1.165) is 41.3 Å². The zero-order valence-electron chi connectivity index (χ0n) is 18.5. The minimum absolute atomic E-state index is 0.117. The van der Waals surface area contributed by atoms with Gasteiger partial charge < -0.3 is 14.8 Å². The van der Waals surface area contributed by atoms with E-state index < -0.39 is 10.0 Å². The summed E-state index contributed by atoms with van der Waals surface area (Å²) in [4.78, 5) is 13.0. The van der Waals surface area contributed by atoms with Crippen LogP contribution in [0.2, 0.25) is 0 Å². The van der Waals surface area contributed by atoms with Crippen molar-refractivity contribution in [3.05, 3.63) is 54.1 Å². The smallest absolute Gasteiger partial charge is 0.243 e. The maximum atomic E-state index is 12.9. The average Bonchev–Trinajstić information content (AvgIpc) is 2.79. The number of fused-ring (bicyclic) bond motifs is 1. The number of ether oxygens (including phenoxy) is 2. The minimum atomic E-state index is -3.80. The van der Waals surface area contributed by atoms with Crippen LogP contribution in [-0.2, 0) is 14.8 Å². The minimum Gasteiger partial charge on any atom is -0.497 e. The molecule has 0 aromatic heterocycles. The van der Waals surface area contributed by atoms with Crippen LogP contribution in [0, 0.1) is 0 Å². The lowest BCUT2D eigenvalue weighted by Gasteiger charge is -2.44. The summed E-state index contributed by atoms with van der Waals surface area (Å²) in [5.74, 6) is 1.04. The van der Waals surface area contributed by atoms with Crippen LogP contribution in [0.4, 0.5) is 0 Å². The normalized spacial score (nSPS) is 19.8. The third-order valence-corrected chi connectivity index (χ3v) is 8.25. The number of likely N-dealkylation sites (N-methyl/N-ethyl adjacent to an activating group) is 1. The molecule has 7 nitrogen and oxygen atoms in total. The van der Waals surface area contributed by atoms with Gasteiger partial charge in [0.1, 0.15) is 17.1 Å². The molecule has 0 radical (unpaired) electrons. The lowest BCUT2D eigenvalue weighted by molar-refractivity contribution is -0.122. The van der Waals surface area contributed by atoms with Crippen LogP contribution in [0.1, 0.15) is 50.1 Å². The maximum Gasteiger partial charge on any atom is 0.243 e. The molecule has 1 N–H and O–H groups in total. The summed E-state index contributed by atoms with van der Waals surface area (Å²) in [7, 11) is -0.859. The lowest BCUT2D eigenvalue weighted by atomic mass is 9.77. The highest BCUT2D eigenvalue weighted by atomic mass is 32.2. The number of para-hydroxylation sites is 1. The Morgan fingerprint density at radius 3 is 2.50 bits per heavy atom. The highest BCUT2D eigenvalue weighted by Crippen LogP contribution is 2.46. The second kappa shape index (κ2) is 9.11. The van der Waals surface area contributed by atoms with Gasteiger partial charge in [-0.05, 0) is 56.0 Å². The van der Waals surface area contributed by atoms with E-state index in [1.54, 1.807) is 12.1 Å². The molecule has 1 aliphatic carbocycles. The molecule has 1 amide bonds. The predicted octanol–water partition coefficient (Wildman–Crippen LogP) is 3.66. The number of carbonyl (C=O) groups is 1. The van der Waals surface area contributed by atoms with Gasteiger partial charge in [-0.25, -0.2) is 8.42 Å². The molecule has 2 aromatic carbocycles. The van der Waals surface area contributed by atoms with Gasteiger partial charge in [-0.15, -0.1) is 0 Å². The van der Waals surface area contributed by atoms with Crippen LogP contribution in [-0.4, -0.2) is 44.9 Å². The Morgan fingerprint density at radius 1 is 1.12 bits per heavy atom. The fraction of sp³-hybridized carbons (Fsp3) is 0.458. The molecule has 2 aromatic rings. The van der Waals surface area contributed by atoms with Crippen molar-refractivity contribution >= 4 is 15.9 Å². The number of hydrogen-bond acceptors (Lipinski definition) is 5. The summed E-state index contributed by atoms with van der Waals surface area (Å²) in [6.07, 6.45) is 6.08. The lowest BCUT2D eigenvalue weighted by Crippen LogP contribution is -2.48. The molecule has 0 unspecified atom stereocenters. The summed E-state index contributed by atoms with van der Waals surface area (Å²) >= 11 is 0. The fourth-order valence-electron chi connectivity index (χ4n) is 4.70. The molecule has 8 heteroatoms. The van der Waals surface area contributed by atoms with E-state index in [-0.39, 0.29) is 29.0 Å². The number of hydrogen-bond donors (Lipinski definition) is 1. The summed E-state index contributed by atoms with van der Waals surface area (Å²) in [5, 5.41) is 3.07. The average molecular weight is 459 g/mol. The first-order chi connectivity index (χ1) is 15.3. The Kier molecular flexibility index (Phi) is 6.44. The van der Waals surface area contributed by atoms with Crippen molar-refractivity contribution in [3.8, 4) is 11.5 Å². The van der Waals surface area contributed by atoms with E-state index in [0.29, 0.717) is 12.2 Å². The topological polar surface area (TPSA) is 84.9 Å². The maximum absolute atomic E-state index is 12.9. The second-order valence-electron chi connectivity index (χ2n) is 8.64. The zero-order chi connectivity index (χ0) is 22.8. The van der Waals surface area contributed by atoms with Gasteiger partial charge in [0.2, 0.25) is 15.9 Å². The van der Waals surface area contributed by atoms with E-state index in [4.69, 9.17) is 9.47 Å². The summed E-state index contributed by atoms with van der Waals surface area (Å²) in [5.41, 5.74) is 0.684. The quantitative estimate of drug-likeness (QED) is 0.714. The number of benzene rings is 2. The van der Waals surface area contributed by atoms with Crippen LogP contribution in [0.3, 0.4) is 0 Å². The van der Waals surface area contributed by atoms with E-state index in [2.05, 4.69) is 5.32 Å². The van der Waals surface area contributed by atoms with Gasteiger partial charge >= 0.3 is 0 Å². The first-order valence-corrected chi connectivity index (χ1v) is 12.4. The van der Waals surface area contributed by atoms with Gasteiger partial charge in [-0.3, -0.25) is 4.79 Å². The monoisotopic (exact) mass is 458 g/mol. The fourth-order valence-corrected chi connectivity index (χ4v) is 5.83. The molecule has 1 fully saturated rings. The molecule has 0 saturated heterocycles.